The van der Waals surface area contributed by atoms with Gasteiger partial charge < -0.3 is 5.73 Å². The number of nitrogens with two attached hydrogens (primary N) is 1. The van der Waals surface area contributed by atoms with Crippen molar-refractivity contribution in [3.63, 3.8) is 0 Å². The molecule has 1 amide bonds. The number of benzene rings is 1. The molecule has 0 saturated carbocycles. The van der Waals surface area contributed by atoms with Crippen LogP contribution >= 0.6 is 0 Å². The van der Waals surface area contributed by atoms with E-state index < -0.39 is 10.8 Å². The zero-order valence-electron chi connectivity index (χ0n) is 11.7. The van der Waals surface area contributed by atoms with E-state index in [9.17, 15) is 14.9 Å². The van der Waals surface area contributed by atoms with E-state index in [0.29, 0.717) is 5.56 Å². The van der Waals surface area contributed by atoms with E-state index in [1.165, 1.54) is 24.5 Å². The minimum absolute atomic E-state index is 0.0729. The van der Waals surface area contributed by atoms with Crippen molar-refractivity contribution < 1.29 is 9.72 Å². The molecule has 0 unspecified atom stereocenters. The average Bonchev–Trinajstić information content (AvgIpc) is 2.52. The number of nitro benzene ring substituents is 1. The van der Waals surface area contributed by atoms with Crippen LogP contribution < -0.4 is 11.2 Å². The number of rotatable bonds is 4. The summed E-state index contributed by atoms with van der Waals surface area (Å²) in [4.78, 5) is 26.2. The Morgan fingerprint density at radius 1 is 1.32 bits per heavy atom. The number of amidine groups is 1. The van der Waals surface area contributed by atoms with Crippen LogP contribution in [0.3, 0.4) is 0 Å². The van der Waals surface area contributed by atoms with Crippen LogP contribution in [0, 0.1) is 17.0 Å². The van der Waals surface area contributed by atoms with Gasteiger partial charge in [0.05, 0.1) is 4.92 Å². The number of hydrogen-bond acceptors (Lipinski definition) is 5. The summed E-state index contributed by atoms with van der Waals surface area (Å²) < 4.78 is 0. The van der Waals surface area contributed by atoms with Gasteiger partial charge in [0.25, 0.3) is 11.6 Å². The first-order chi connectivity index (χ1) is 10.5. The molecular formula is C14H13N5O3. The Kier molecular flexibility index (Phi) is 4.42. The highest BCUT2D eigenvalue weighted by molar-refractivity contribution is 6.01. The highest BCUT2D eigenvalue weighted by atomic mass is 16.6. The standard InChI is InChI=1S/C14H13N5O3/c1-9-2-3-12(19(21)22)11(8-9)14(20)18-17-13(15)10-4-6-16-7-5-10/h2-8H,1H3,(H2,15,17)(H,18,20). The van der Waals surface area contributed by atoms with E-state index in [1.807, 2.05) is 0 Å². The molecule has 0 spiro atoms. The van der Waals surface area contributed by atoms with Crippen molar-refractivity contribution in [2.75, 3.05) is 0 Å². The predicted octanol–water partition coefficient (Wildman–Crippen LogP) is 1.35. The lowest BCUT2D eigenvalue weighted by molar-refractivity contribution is -0.385. The van der Waals surface area contributed by atoms with Crippen molar-refractivity contribution >= 4 is 17.4 Å². The number of amides is 1. The Bertz CT molecular complexity index is 743. The summed E-state index contributed by atoms with van der Waals surface area (Å²) in [6.45, 7) is 1.73. The molecule has 0 aliphatic carbocycles. The van der Waals surface area contributed by atoms with Gasteiger partial charge in [-0.2, -0.15) is 5.10 Å². The van der Waals surface area contributed by atoms with Crippen molar-refractivity contribution in [1.29, 1.82) is 0 Å². The third-order valence-corrected chi connectivity index (χ3v) is 2.85. The fraction of sp³-hybridized carbons (Fsp3) is 0.0714. The molecule has 1 heterocycles. The maximum atomic E-state index is 12.1. The molecule has 2 aromatic rings. The third kappa shape index (κ3) is 3.42. The number of hydrogen-bond donors (Lipinski definition) is 2. The lowest BCUT2D eigenvalue weighted by Gasteiger charge is -2.04. The van der Waals surface area contributed by atoms with Crippen LogP contribution in [0.25, 0.3) is 0 Å². The molecule has 22 heavy (non-hydrogen) atoms. The number of pyridine rings is 1. The Morgan fingerprint density at radius 2 is 2.00 bits per heavy atom. The van der Waals surface area contributed by atoms with E-state index >= 15 is 0 Å². The zero-order valence-corrected chi connectivity index (χ0v) is 11.7. The summed E-state index contributed by atoms with van der Waals surface area (Å²) in [5.41, 5.74) is 8.88. The van der Waals surface area contributed by atoms with Crippen molar-refractivity contribution in [2.24, 2.45) is 10.8 Å². The van der Waals surface area contributed by atoms with Crippen LogP contribution in [0.1, 0.15) is 21.5 Å². The maximum absolute atomic E-state index is 12.1. The van der Waals surface area contributed by atoms with Crippen molar-refractivity contribution in [3.8, 4) is 0 Å². The Labute approximate surface area is 125 Å². The second-order valence-corrected chi connectivity index (χ2v) is 4.45. The van der Waals surface area contributed by atoms with E-state index in [0.717, 1.165) is 5.56 Å². The summed E-state index contributed by atoms with van der Waals surface area (Å²) in [5.74, 6) is -0.626. The summed E-state index contributed by atoms with van der Waals surface area (Å²) >= 11 is 0. The molecule has 2 rings (SSSR count). The first-order valence-corrected chi connectivity index (χ1v) is 6.28. The molecule has 1 aromatic carbocycles. The number of aromatic nitrogens is 1. The third-order valence-electron chi connectivity index (χ3n) is 2.85. The molecule has 8 nitrogen and oxygen atoms in total. The first-order valence-electron chi connectivity index (χ1n) is 6.28. The highest BCUT2D eigenvalue weighted by Gasteiger charge is 2.19. The minimum atomic E-state index is -0.701. The van der Waals surface area contributed by atoms with Crippen molar-refractivity contribution in [2.45, 2.75) is 6.92 Å². The van der Waals surface area contributed by atoms with E-state index in [4.69, 9.17) is 5.73 Å². The van der Waals surface area contributed by atoms with Gasteiger partial charge in [0.15, 0.2) is 5.84 Å². The van der Waals surface area contributed by atoms with Gasteiger partial charge in [0, 0.05) is 24.0 Å². The van der Waals surface area contributed by atoms with Crippen LogP contribution in [0.15, 0.2) is 47.8 Å². The lowest BCUT2D eigenvalue weighted by Crippen LogP contribution is -2.24. The molecule has 0 aliphatic heterocycles. The number of nitrogens with zero attached hydrogens (tertiary/aromatic N) is 3. The number of carbonyl (C=O) groups excluding carboxylic acids is 1. The van der Waals surface area contributed by atoms with Gasteiger partial charge in [-0.05, 0) is 30.7 Å². The number of hydrazone groups is 1. The Balaban J connectivity index is 2.23. The molecule has 112 valence electrons. The molecular weight excluding hydrogens is 286 g/mol. The number of nitro groups is 1. The summed E-state index contributed by atoms with van der Waals surface area (Å²) in [7, 11) is 0. The molecule has 0 fully saturated rings. The van der Waals surface area contributed by atoms with Gasteiger partial charge in [-0.25, -0.2) is 5.43 Å². The predicted molar refractivity (Wildman–Crippen MR) is 80.3 cm³/mol. The van der Waals surface area contributed by atoms with Gasteiger partial charge >= 0.3 is 0 Å². The molecule has 1 aromatic heterocycles. The molecule has 0 aliphatic rings. The van der Waals surface area contributed by atoms with Crippen LogP contribution in [-0.2, 0) is 0 Å². The van der Waals surface area contributed by atoms with Crippen molar-refractivity contribution in [1.82, 2.24) is 10.4 Å². The van der Waals surface area contributed by atoms with Gasteiger partial charge in [0.2, 0.25) is 0 Å². The molecule has 0 atom stereocenters. The number of aryl methyl sites for hydroxylation is 1. The van der Waals surface area contributed by atoms with Gasteiger partial charge in [0.1, 0.15) is 5.56 Å². The number of nitrogens with one attached hydrogen (secondary N) is 1. The van der Waals surface area contributed by atoms with Gasteiger partial charge in [-0.3, -0.25) is 19.9 Å². The minimum Gasteiger partial charge on any atom is -0.382 e. The van der Waals surface area contributed by atoms with E-state index in [1.54, 1.807) is 25.1 Å². The van der Waals surface area contributed by atoms with E-state index in [2.05, 4.69) is 15.5 Å². The molecule has 8 heteroatoms. The Morgan fingerprint density at radius 3 is 2.64 bits per heavy atom. The second-order valence-electron chi connectivity index (χ2n) is 4.45. The van der Waals surface area contributed by atoms with Crippen LogP contribution in [0.4, 0.5) is 5.69 Å². The fourth-order valence-electron chi connectivity index (χ4n) is 1.75. The molecule has 0 radical (unpaired) electrons. The topological polar surface area (TPSA) is 124 Å². The monoisotopic (exact) mass is 299 g/mol. The van der Waals surface area contributed by atoms with Crippen LogP contribution in [0.2, 0.25) is 0 Å². The maximum Gasteiger partial charge on any atom is 0.282 e. The number of carbonyl (C=O) groups is 1. The van der Waals surface area contributed by atoms with Crippen LogP contribution in [0.5, 0.6) is 0 Å². The van der Waals surface area contributed by atoms with Gasteiger partial charge in [-0.1, -0.05) is 6.07 Å². The molecule has 3 N–H and O–H groups in total. The SMILES string of the molecule is Cc1ccc([N+](=O)[O-])c(C(=O)N/N=C(\N)c2ccncc2)c1. The largest absolute Gasteiger partial charge is 0.382 e. The lowest BCUT2D eigenvalue weighted by atomic mass is 10.1. The van der Waals surface area contributed by atoms with Gasteiger partial charge in [-0.15, -0.1) is 0 Å². The zero-order chi connectivity index (χ0) is 16.1. The fourth-order valence-corrected chi connectivity index (χ4v) is 1.75. The molecule has 0 bridgehead atoms. The smallest absolute Gasteiger partial charge is 0.282 e. The first kappa shape index (κ1) is 15.1. The van der Waals surface area contributed by atoms with Crippen molar-refractivity contribution in [3.05, 3.63) is 69.5 Å². The summed E-state index contributed by atoms with van der Waals surface area (Å²) in [6.07, 6.45) is 3.07. The summed E-state index contributed by atoms with van der Waals surface area (Å²) in [5, 5.41) is 14.7. The highest BCUT2D eigenvalue weighted by Crippen LogP contribution is 2.19. The molecule has 0 saturated heterocycles. The second kappa shape index (κ2) is 6.44. The normalized spacial score (nSPS) is 11.0. The quantitative estimate of drug-likeness (QED) is 0.381. The van der Waals surface area contributed by atoms with Crippen LogP contribution in [-0.4, -0.2) is 21.7 Å². The average molecular weight is 299 g/mol. The summed E-state index contributed by atoms with van der Waals surface area (Å²) in [6, 6.07) is 7.51. The Hall–Kier alpha value is -3.29. The van der Waals surface area contributed by atoms with E-state index in [-0.39, 0.29) is 17.1 Å².